The van der Waals surface area contributed by atoms with E-state index in [1.807, 2.05) is 0 Å². The Morgan fingerprint density at radius 2 is 2.17 bits per heavy atom. The van der Waals surface area contributed by atoms with Gasteiger partial charge >= 0.3 is 0 Å². The van der Waals surface area contributed by atoms with E-state index in [1.54, 1.807) is 11.3 Å². The molecular weight excluding hydrogens is 244 g/mol. The van der Waals surface area contributed by atoms with Crippen molar-refractivity contribution >= 4 is 11.3 Å². The maximum atomic E-state index is 5.47. The number of ether oxygens (including phenoxy) is 1. The summed E-state index contributed by atoms with van der Waals surface area (Å²) in [4.78, 5) is 4.71. The lowest BCUT2D eigenvalue weighted by molar-refractivity contribution is 0.0758. The fourth-order valence-electron chi connectivity index (χ4n) is 2.03. The second kappa shape index (κ2) is 5.18. The minimum absolute atomic E-state index is 0.245. The van der Waals surface area contributed by atoms with E-state index < -0.39 is 0 Å². The highest BCUT2D eigenvalue weighted by Crippen LogP contribution is 2.27. The average molecular weight is 260 g/mol. The van der Waals surface area contributed by atoms with Gasteiger partial charge in [0.05, 0.1) is 24.9 Å². The molecular formula is C14H16N2OS. The van der Waals surface area contributed by atoms with Crippen LogP contribution in [0.15, 0.2) is 29.6 Å². The van der Waals surface area contributed by atoms with Crippen molar-refractivity contribution in [3.05, 3.63) is 40.9 Å². The highest BCUT2D eigenvalue weighted by molar-refractivity contribution is 7.13. The predicted molar refractivity (Wildman–Crippen MR) is 73.8 cm³/mol. The fourth-order valence-corrected chi connectivity index (χ4v) is 2.91. The molecule has 1 saturated heterocycles. The van der Waals surface area contributed by atoms with Gasteiger partial charge in [0.15, 0.2) is 0 Å². The van der Waals surface area contributed by atoms with Crippen LogP contribution in [0.4, 0.5) is 0 Å². The third-order valence-corrected chi connectivity index (χ3v) is 4.01. The number of thiazole rings is 1. The molecule has 18 heavy (non-hydrogen) atoms. The van der Waals surface area contributed by atoms with Crippen LogP contribution in [0.5, 0.6) is 0 Å². The van der Waals surface area contributed by atoms with Gasteiger partial charge in [-0.25, -0.2) is 4.98 Å². The molecule has 4 heteroatoms. The first-order valence-corrected chi connectivity index (χ1v) is 7.04. The van der Waals surface area contributed by atoms with E-state index in [1.165, 1.54) is 11.1 Å². The van der Waals surface area contributed by atoms with Crippen LogP contribution in [0.1, 0.15) is 17.3 Å². The monoisotopic (exact) mass is 260 g/mol. The largest absolute Gasteiger partial charge is 0.378 e. The topological polar surface area (TPSA) is 34.1 Å². The molecule has 1 atom stereocenters. The molecule has 94 valence electrons. The van der Waals surface area contributed by atoms with Gasteiger partial charge in [0.25, 0.3) is 0 Å². The van der Waals surface area contributed by atoms with E-state index in [0.717, 1.165) is 30.5 Å². The summed E-state index contributed by atoms with van der Waals surface area (Å²) in [7, 11) is 0. The van der Waals surface area contributed by atoms with Crippen molar-refractivity contribution in [1.29, 1.82) is 0 Å². The standard InChI is InChI=1S/C14H16N2OS/c1-10-2-4-11(5-3-10)14-16-13(9-18-14)12-8-17-7-6-15-12/h2-5,9,12,15H,6-8H2,1H3. The van der Waals surface area contributed by atoms with Gasteiger partial charge in [0.2, 0.25) is 0 Å². The molecule has 1 aliphatic heterocycles. The molecule has 0 amide bonds. The van der Waals surface area contributed by atoms with E-state index in [9.17, 15) is 0 Å². The molecule has 1 N–H and O–H groups in total. The van der Waals surface area contributed by atoms with Crippen LogP contribution in [0.3, 0.4) is 0 Å². The third kappa shape index (κ3) is 2.46. The summed E-state index contributed by atoms with van der Waals surface area (Å²) in [5.74, 6) is 0. The van der Waals surface area contributed by atoms with Gasteiger partial charge in [0.1, 0.15) is 5.01 Å². The van der Waals surface area contributed by atoms with Crippen molar-refractivity contribution in [2.75, 3.05) is 19.8 Å². The lowest BCUT2D eigenvalue weighted by Crippen LogP contribution is -2.34. The van der Waals surface area contributed by atoms with Crippen molar-refractivity contribution in [1.82, 2.24) is 10.3 Å². The van der Waals surface area contributed by atoms with Gasteiger partial charge in [-0.05, 0) is 6.92 Å². The van der Waals surface area contributed by atoms with Crippen molar-refractivity contribution < 1.29 is 4.74 Å². The Hall–Kier alpha value is -1.23. The van der Waals surface area contributed by atoms with E-state index in [0.29, 0.717) is 0 Å². The SMILES string of the molecule is Cc1ccc(-c2nc(C3COCCN3)cs2)cc1. The minimum Gasteiger partial charge on any atom is -0.378 e. The second-order valence-corrected chi connectivity index (χ2v) is 5.38. The summed E-state index contributed by atoms with van der Waals surface area (Å²) >= 11 is 1.70. The van der Waals surface area contributed by atoms with Crippen molar-refractivity contribution in [2.45, 2.75) is 13.0 Å². The summed E-state index contributed by atoms with van der Waals surface area (Å²) in [6.45, 7) is 4.52. The number of morpholine rings is 1. The van der Waals surface area contributed by atoms with Gasteiger partial charge in [-0.15, -0.1) is 11.3 Å². The van der Waals surface area contributed by atoms with E-state index in [-0.39, 0.29) is 6.04 Å². The number of aryl methyl sites for hydroxylation is 1. The molecule has 1 aliphatic rings. The van der Waals surface area contributed by atoms with Crippen LogP contribution < -0.4 is 5.32 Å². The lowest BCUT2D eigenvalue weighted by Gasteiger charge is -2.21. The summed E-state index contributed by atoms with van der Waals surface area (Å²) in [5, 5.41) is 6.64. The van der Waals surface area contributed by atoms with E-state index in [4.69, 9.17) is 9.72 Å². The quantitative estimate of drug-likeness (QED) is 0.901. The molecule has 1 aromatic heterocycles. The number of benzene rings is 1. The molecule has 1 unspecified atom stereocenters. The highest BCUT2D eigenvalue weighted by atomic mass is 32.1. The number of rotatable bonds is 2. The Morgan fingerprint density at radius 3 is 2.89 bits per heavy atom. The van der Waals surface area contributed by atoms with E-state index in [2.05, 4.69) is 41.9 Å². The first-order chi connectivity index (χ1) is 8.83. The zero-order valence-electron chi connectivity index (χ0n) is 10.3. The highest BCUT2D eigenvalue weighted by Gasteiger charge is 2.18. The minimum atomic E-state index is 0.245. The van der Waals surface area contributed by atoms with Crippen LogP contribution >= 0.6 is 11.3 Å². The zero-order chi connectivity index (χ0) is 12.4. The summed E-state index contributed by atoms with van der Waals surface area (Å²) in [6, 6.07) is 8.75. The van der Waals surface area contributed by atoms with Crippen LogP contribution in [0.2, 0.25) is 0 Å². The van der Waals surface area contributed by atoms with Gasteiger partial charge in [-0.2, -0.15) is 0 Å². The van der Waals surface area contributed by atoms with Crippen LogP contribution in [-0.4, -0.2) is 24.7 Å². The maximum absolute atomic E-state index is 5.47. The molecule has 1 aromatic carbocycles. The first-order valence-electron chi connectivity index (χ1n) is 6.16. The second-order valence-electron chi connectivity index (χ2n) is 4.53. The van der Waals surface area contributed by atoms with Gasteiger partial charge in [-0.3, -0.25) is 0 Å². The molecule has 0 aliphatic carbocycles. The molecule has 2 aromatic rings. The van der Waals surface area contributed by atoms with Crippen LogP contribution in [-0.2, 0) is 4.74 Å². The molecule has 0 radical (unpaired) electrons. The van der Waals surface area contributed by atoms with Gasteiger partial charge < -0.3 is 10.1 Å². The molecule has 3 nitrogen and oxygen atoms in total. The zero-order valence-corrected chi connectivity index (χ0v) is 11.2. The summed E-state index contributed by atoms with van der Waals surface area (Å²) in [6.07, 6.45) is 0. The smallest absolute Gasteiger partial charge is 0.123 e. The number of nitrogens with one attached hydrogen (secondary N) is 1. The van der Waals surface area contributed by atoms with Crippen molar-refractivity contribution in [2.24, 2.45) is 0 Å². The molecule has 1 fully saturated rings. The number of nitrogens with zero attached hydrogens (tertiary/aromatic N) is 1. The fraction of sp³-hybridized carbons (Fsp3) is 0.357. The van der Waals surface area contributed by atoms with Crippen molar-refractivity contribution in [3.63, 3.8) is 0 Å². The molecule has 3 rings (SSSR count). The van der Waals surface area contributed by atoms with Crippen LogP contribution in [0.25, 0.3) is 10.6 Å². The Balaban J connectivity index is 1.82. The van der Waals surface area contributed by atoms with Gasteiger partial charge in [-0.1, -0.05) is 29.8 Å². The molecule has 0 bridgehead atoms. The lowest BCUT2D eigenvalue weighted by atomic mass is 10.1. The molecule has 0 saturated carbocycles. The maximum Gasteiger partial charge on any atom is 0.123 e. The van der Waals surface area contributed by atoms with Gasteiger partial charge in [0, 0.05) is 17.5 Å². The van der Waals surface area contributed by atoms with E-state index >= 15 is 0 Å². The number of hydrogen-bond acceptors (Lipinski definition) is 4. The Labute approximate surface area is 111 Å². The summed E-state index contributed by atoms with van der Waals surface area (Å²) < 4.78 is 5.47. The Morgan fingerprint density at radius 1 is 1.33 bits per heavy atom. The summed E-state index contributed by atoms with van der Waals surface area (Å²) in [5.41, 5.74) is 3.56. The normalized spacial score (nSPS) is 19.9. The molecule has 0 spiro atoms. The molecule has 2 heterocycles. The first kappa shape index (κ1) is 11.8. The van der Waals surface area contributed by atoms with Crippen LogP contribution in [0, 0.1) is 6.92 Å². The number of hydrogen-bond donors (Lipinski definition) is 1. The Kier molecular flexibility index (Phi) is 3.41. The average Bonchev–Trinajstić information content (AvgIpc) is 2.90. The third-order valence-electron chi connectivity index (χ3n) is 3.10. The Bertz CT molecular complexity index is 515. The predicted octanol–water partition coefficient (Wildman–Crippen LogP) is 2.78. The number of aromatic nitrogens is 1. The van der Waals surface area contributed by atoms with Crippen molar-refractivity contribution in [3.8, 4) is 10.6 Å².